The lowest BCUT2D eigenvalue weighted by molar-refractivity contribution is 0.686. The van der Waals surface area contributed by atoms with Crippen molar-refractivity contribution in [1.29, 1.82) is 0 Å². The maximum Gasteiger partial charge on any atom is 0.0625 e. The van der Waals surface area contributed by atoms with Crippen molar-refractivity contribution in [3.05, 3.63) is 48.8 Å². The van der Waals surface area contributed by atoms with Crippen molar-refractivity contribution >= 4 is 10.8 Å². The van der Waals surface area contributed by atoms with Gasteiger partial charge >= 0.3 is 0 Å². The molecule has 2 nitrogen and oxygen atoms in total. The molecule has 1 atom stereocenters. The molecule has 3 heteroatoms. The van der Waals surface area contributed by atoms with Crippen molar-refractivity contribution in [3.63, 3.8) is 0 Å². The van der Waals surface area contributed by atoms with Crippen molar-refractivity contribution in [2.75, 3.05) is 6.26 Å². The van der Waals surface area contributed by atoms with Crippen LogP contribution in [-0.4, -0.2) is 15.0 Å². The Morgan fingerprint density at radius 1 is 1.07 bits per heavy atom. The maximum absolute atomic E-state index is 11.5. The van der Waals surface area contributed by atoms with Gasteiger partial charge in [-0.25, -0.2) is 0 Å². The highest BCUT2D eigenvalue weighted by Crippen LogP contribution is 2.17. The number of nitrogens with zero attached hydrogens (tertiary/aromatic N) is 1. The fourth-order valence-electron chi connectivity index (χ4n) is 1.41. The van der Waals surface area contributed by atoms with Crippen LogP contribution < -0.4 is 0 Å². The van der Waals surface area contributed by atoms with Crippen LogP contribution in [0.4, 0.5) is 0 Å². The summed E-state index contributed by atoms with van der Waals surface area (Å²) in [6, 6.07) is 11.6. The summed E-state index contributed by atoms with van der Waals surface area (Å²) in [4.78, 5) is 0.865. The van der Waals surface area contributed by atoms with Crippen molar-refractivity contribution < 1.29 is 4.21 Å². The summed E-state index contributed by atoms with van der Waals surface area (Å²) in [6.45, 7) is 0. The van der Waals surface area contributed by atoms with E-state index in [1.165, 1.54) is 0 Å². The molecule has 0 saturated heterocycles. The number of hydrogen-bond acceptors (Lipinski definition) is 1. The van der Waals surface area contributed by atoms with Crippen LogP contribution in [0, 0.1) is 0 Å². The molecule has 1 unspecified atom stereocenters. The number of hydrogen-bond donors (Lipinski definition) is 0. The lowest BCUT2D eigenvalue weighted by Crippen LogP contribution is -1.97. The average Bonchev–Trinajstić information content (AvgIpc) is 2.70. The quantitative estimate of drug-likeness (QED) is 0.736. The van der Waals surface area contributed by atoms with E-state index in [9.17, 15) is 4.21 Å². The summed E-state index contributed by atoms with van der Waals surface area (Å²) >= 11 is 0. The third-order valence-electron chi connectivity index (χ3n) is 2.06. The minimum Gasteiger partial charge on any atom is -0.323 e. The Bertz CT molecular complexity index is 448. The number of aromatic nitrogens is 1. The molecular formula is C11H11NOS. The van der Waals surface area contributed by atoms with Gasteiger partial charge in [-0.15, -0.1) is 0 Å². The second-order valence-corrected chi connectivity index (χ2v) is 4.36. The highest BCUT2D eigenvalue weighted by molar-refractivity contribution is 7.84. The molecule has 0 amide bonds. The van der Waals surface area contributed by atoms with Crippen LogP contribution >= 0.6 is 0 Å². The molecule has 2 aromatic rings. The Balaban J connectivity index is 2.58. The van der Waals surface area contributed by atoms with Gasteiger partial charge in [0.1, 0.15) is 0 Å². The maximum atomic E-state index is 11.5. The van der Waals surface area contributed by atoms with Crippen molar-refractivity contribution in [1.82, 2.24) is 4.57 Å². The van der Waals surface area contributed by atoms with E-state index >= 15 is 0 Å². The molecule has 1 aromatic heterocycles. The van der Waals surface area contributed by atoms with Gasteiger partial charge < -0.3 is 4.57 Å². The summed E-state index contributed by atoms with van der Waals surface area (Å²) in [5.41, 5.74) is 0.985. The van der Waals surface area contributed by atoms with Gasteiger partial charge in [0.2, 0.25) is 0 Å². The molecule has 1 aromatic carbocycles. The summed E-state index contributed by atoms with van der Waals surface area (Å²) in [5, 5.41) is 0. The van der Waals surface area contributed by atoms with Crippen molar-refractivity contribution in [3.8, 4) is 5.69 Å². The Morgan fingerprint density at radius 3 is 2.36 bits per heavy atom. The summed E-state index contributed by atoms with van der Waals surface area (Å²) < 4.78 is 13.4. The molecule has 0 aliphatic carbocycles. The Kier molecular flexibility index (Phi) is 2.50. The van der Waals surface area contributed by atoms with Gasteiger partial charge in [-0.1, -0.05) is 12.1 Å². The molecule has 0 bridgehead atoms. The first-order valence-corrected chi connectivity index (χ1v) is 5.90. The van der Waals surface area contributed by atoms with E-state index in [0.717, 1.165) is 10.6 Å². The fourth-order valence-corrected chi connectivity index (χ4v) is 2.15. The molecule has 0 aliphatic rings. The van der Waals surface area contributed by atoms with Crippen LogP contribution in [0.5, 0.6) is 0 Å². The first kappa shape index (κ1) is 9.21. The van der Waals surface area contributed by atoms with Crippen LogP contribution in [0.3, 0.4) is 0 Å². The van der Waals surface area contributed by atoms with E-state index in [2.05, 4.69) is 0 Å². The van der Waals surface area contributed by atoms with Crippen LogP contribution in [0.25, 0.3) is 5.69 Å². The highest BCUT2D eigenvalue weighted by atomic mass is 32.2. The van der Waals surface area contributed by atoms with Crippen molar-refractivity contribution in [2.24, 2.45) is 0 Å². The topological polar surface area (TPSA) is 22.0 Å². The molecule has 1 heterocycles. The molecule has 0 N–H and O–H groups in total. The van der Waals surface area contributed by atoms with E-state index in [1.807, 2.05) is 53.4 Å². The summed E-state index contributed by atoms with van der Waals surface area (Å²) in [6.07, 6.45) is 5.60. The minimum absolute atomic E-state index is 0.865. The zero-order valence-corrected chi connectivity index (χ0v) is 8.70. The highest BCUT2D eigenvalue weighted by Gasteiger charge is 2.05. The van der Waals surface area contributed by atoms with Gasteiger partial charge in [0.25, 0.3) is 0 Å². The predicted molar refractivity (Wildman–Crippen MR) is 58.1 cm³/mol. The average molecular weight is 205 g/mol. The van der Waals surface area contributed by atoms with Gasteiger partial charge in [-0.05, 0) is 24.3 Å². The monoisotopic (exact) mass is 205 g/mol. The van der Waals surface area contributed by atoms with Crippen LogP contribution in [0.15, 0.2) is 53.7 Å². The first-order valence-electron chi connectivity index (χ1n) is 4.35. The zero-order chi connectivity index (χ0) is 9.97. The van der Waals surface area contributed by atoms with Crippen LogP contribution in [0.1, 0.15) is 0 Å². The lowest BCUT2D eigenvalue weighted by atomic mass is 10.3. The van der Waals surface area contributed by atoms with Gasteiger partial charge in [0, 0.05) is 18.6 Å². The number of benzene rings is 1. The molecule has 0 spiro atoms. The molecule has 14 heavy (non-hydrogen) atoms. The molecule has 0 radical (unpaired) electrons. The standard InChI is InChI=1S/C11H11NOS/c1-14(13)11-7-3-2-6-10(11)12-8-4-5-9-12/h2-9H,1H3. The predicted octanol–water partition coefficient (Wildman–Crippen LogP) is 2.21. The Morgan fingerprint density at radius 2 is 1.71 bits per heavy atom. The normalized spacial score (nSPS) is 12.6. The van der Waals surface area contributed by atoms with E-state index in [1.54, 1.807) is 6.26 Å². The first-order chi connectivity index (χ1) is 6.79. The van der Waals surface area contributed by atoms with Gasteiger partial charge in [0.15, 0.2) is 0 Å². The minimum atomic E-state index is -0.946. The second-order valence-electron chi connectivity index (χ2n) is 3.01. The van der Waals surface area contributed by atoms with Crippen molar-refractivity contribution in [2.45, 2.75) is 4.90 Å². The molecule has 2 rings (SSSR count). The van der Waals surface area contributed by atoms with Crippen LogP contribution in [0.2, 0.25) is 0 Å². The lowest BCUT2D eigenvalue weighted by Gasteiger charge is -2.07. The number of rotatable bonds is 2. The number of para-hydroxylation sites is 1. The molecular weight excluding hydrogens is 194 g/mol. The van der Waals surface area contributed by atoms with Gasteiger partial charge in [-0.3, -0.25) is 4.21 Å². The largest absolute Gasteiger partial charge is 0.323 e. The smallest absolute Gasteiger partial charge is 0.0625 e. The zero-order valence-electron chi connectivity index (χ0n) is 7.88. The summed E-state index contributed by atoms with van der Waals surface area (Å²) in [7, 11) is -0.946. The van der Waals surface area contributed by atoms with E-state index in [-0.39, 0.29) is 0 Å². The molecule has 0 aliphatic heterocycles. The Labute approximate surface area is 85.6 Å². The van der Waals surface area contributed by atoms with E-state index < -0.39 is 10.8 Å². The van der Waals surface area contributed by atoms with E-state index in [0.29, 0.717) is 0 Å². The van der Waals surface area contributed by atoms with Gasteiger partial charge in [-0.2, -0.15) is 0 Å². The molecule has 0 saturated carbocycles. The fraction of sp³-hybridized carbons (Fsp3) is 0.0909. The van der Waals surface area contributed by atoms with Crippen LogP contribution in [-0.2, 0) is 10.8 Å². The van der Waals surface area contributed by atoms with E-state index in [4.69, 9.17) is 0 Å². The van der Waals surface area contributed by atoms with Gasteiger partial charge in [0.05, 0.1) is 21.4 Å². The molecule has 0 fully saturated rings. The third kappa shape index (κ3) is 1.63. The summed E-state index contributed by atoms with van der Waals surface area (Å²) in [5.74, 6) is 0. The SMILES string of the molecule is CS(=O)c1ccccc1-n1cccc1. The molecule has 72 valence electrons. The second kappa shape index (κ2) is 3.80. The Hall–Kier alpha value is -1.35. The third-order valence-corrected chi connectivity index (χ3v) is 3.02.